The first-order valence-electron chi connectivity index (χ1n) is 7.85. The van der Waals surface area contributed by atoms with Gasteiger partial charge in [-0.05, 0) is 31.4 Å². The van der Waals surface area contributed by atoms with Crippen LogP contribution in [0.2, 0.25) is 0 Å². The Bertz CT molecular complexity index is 635. The van der Waals surface area contributed by atoms with Gasteiger partial charge < -0.3 is 10.6 Å². The van der Waals surface area contributed by atoms with Gasteiger partial charge in [-0.25, -0.2) is 0 Å². The van der Waals surface area contributed by atoms with E-state index in [4.69, 9.17) is 0 Å². The first-order valence-corrected chi connectivity index (χ1v) is 7.85. The standard InChI is InChI=1S/C17H22N4O.ClH/c1-2-17(9-6-10-18-17)16(22)20-15-11-19-21(13-15)12-14-7-4-3-5-8-14;/h3-5,7-8,11,13,18H,2,6,9-10,12H2,1H3,(H,20,22);1H. The van der Waals surface area contributed by atoms with E-state index in [2.05, 4.69) is 34.8 Å². The molecule has 1 aromatic carbocycles. The van der Waals surface area contributed by atoms with Gasteiger partial charge in [0.25, 0.3) is 0 Å². The molecule has 1 aliphatic heterocycles. The maximum atomic E-state index is 12.5. The zero-order valence-corrected chi connectivity index (χ0v) is 14.1. The Morgan fingerprint density at radius 2 is 2.17 bits per heavy atom. The number of rotatable bonds is 5. The fraction of sp³-hybridized carbons (Fsp3) is 0.412. The number of anilines is 1. The van der Waals surface area contributed by atoms with Gasteiger partial charge in [0.15, 0.2) is 0 Å². The Labute approximate surface area is 142 Å². The number of hydrogen-bond donors (Lipinski definition) is 2. The van der Waals surface area contributed by atoms with Crippen LogP contribution in [-0.2, 0) is 11.3 Å². The van der Waals surface area contributed by atoms with Crippen molar-refractivity contribution < 1.29 is 4.79 Å². The molecule has 2 N–H and O–H groups in total. The van der Waals surface area contributed by atoms with Gasteiger partial charge in [-0.2, -0.15) is 5.10 Å². The van der Waals surface area contributed by atoms with Crippen LogP contribution in [0.3, 0.4) is 0 Å². The fourth-order valence-corrected chi connectivity index (χ4v) is 3.00. The molecule has 1 aromatic heterocycles. The Kier molecular flexibility index (Phi) is 5.80. The van der Waals surface area contributed by atoms with Gasteiger partial charge in [-0.15, -0.1) is 12.4 Å². The van der Waals surface area contributed by atoms with Crippen molar-refractivity contribution in [2.45, 2.75) is 38.3 Å². The Morgan fingerprint density at radius 3 is 2.83 bits per heavy atom. The number of nitrogens with zero attached hydrogens (tertiary/aromatic N) is 2. The third kappa shape index (κ3) is 3.92. The topological polar surface area (TPSA) is 59.0 Å². The second-order valence-corrected chi connectivity index (χ2v) is 5.83. The predicted molar refractivity (Wildman–Crippen MR) is 93.9 cm³/mol. The molecule has 1 amide bonds. The molecule has 124 valence electrons. The molecule has 1 unspecified atom stereocenters. The molecule has 1 atom stereocenters. The molecule has 0 bridgehead atoms. The van der Waals surface area contributed by atoms with Crippen LogP contribution >= 0.6 is 12.4 Å². The molecule has 0 radical (unpaired) electrons. The largest absolute Gasteiger partial charge is 0.322 e. The highest BCUT2D eigenvalue weighted by Crippen LogP contribution is 2.24. The van der Waals surface area contributed by atoms with Crippen molar-refractivity contribution >= 4 is 24.0 Å². The Hall–Kier alpha value is -1.85. The number of nitrogens with one attached hydrogen (secondary N) is 2. The average molecular weight is 335 g/mol. The van der Waals surface area contributed by atoms with Crippen molar-refractivity contribution in [2.75, 3.05) is 11.9 Å². The van der Waals surface area contributed by atoms with Gasteiger partial charge >= 0.3 is 0 Å². The van der Waals surface area contributed by atoms with Crippen LogP contribution in [-0.4, -0.2) is 27.8 Å². The molecule has 1 aliphatic rings. The molecular weight excluding hydrogens is 312 g/mol. The third-order valence-electron chi connectivity index (χ3n) is 4.36. The van der Waals surface area contributed by atoms with Gasteiger partial charge in [0, 0.05) is 6.20 Å². The van der Waals surface area contributed by atoms with Crippen LogP contribution in [0.25, 0.3) is 0 Å². The van der Waals surface area contributed by atoms with E-state index in [-0.39, 0.29) is 18.3 Å². The van der Waals surface area contributed by atoms with Crippen LogP contribution in [0, 0.1) is 0 Å². The Morgan fingerprint density at radius 1 is 1.39 bits per heavy atom. The van der Waals surface area contributed by atoms with Gasteiger partial charge in [0.1, 0.15) is 0 Å². The highest BCUT2D eigenvalue weighted by atomic mass is 35.5. The summed E-state index contributed by atoms with van der Waals surface area (Å²) in [4.78, 5) is 12.5. The number of carbonyl (C=O) groups excluding carboxylic acids is 1. The molecule has 2 aromatic rings. The smallest absolute Gasteiger partial charge is 0.244 e. The van der Waals surface area contributed by atoms with Crippen molar-refractivity contribution in [1.82, 2.24) is 15.1 Å². The van der Waals surface area contributed by atoms with Crippen LogP contribution in [0.5, 0.6) is 0 Å². The van der Waals surface area contributed by atoms with E-state index in [1.54, 1.807) is 6.20 Å². The first-order chi connectivity index (χ1) is 10.7. The van der Waals surface area contributed by atoms with E-state index < -0.39 is 5.54 Å². The second-order valence-electron chi connectivity index (χ2n) is 5.83. The molecule has 23 heavy (non-hydrogen) atoms. The fourth-order valence-electron chi connectivity index (χ4n) is 3.00. The molecule has 1 saturated heterocycles. The van der Waals surface area contributed by atoms with Crippen molar-refractivity contribution in [3.8, 4) is 0 Å². The first kappa shape index (κ1) is 17.5. The molecular formula is C17H23ClN4O. The summed E-state index contributed by atoms with van der Waals surface area (Å²) in [7, 11) is 0. The third-order valence-corrected chi connectivity index (χ3v) is 4.36. The van der Waals surface area contributed by atoms with E-state index in [9.17, 15) is 4.79 Å². The quantitative estimate of drug-likeness (QED) is 0.884. The number of aromatic nitrogens is 2. The van der Waals surface area contributed by atoms with Gasteiger partial charge in [-0.1, -0.05) is 37.3 Å². The summed E-state index contributed by atoms with van der Waals surface area (Å²) in [5.74, 6) is 0.0479. The summed E-state index contributed by atoms with van der Waals surface area (Å²) in [6, 6.07) is 10.1. The molecule has 0 saturated carbocycles. The summed E-state index contributed by atoms with van der Waals surface area (Å²) in [6.07, 6.45) is 6.33. The second kappa shape index (κ2) is 7.62. The van der Waals surface area contributed by atoms with E-state index in [1.807, 2.05) is 29.1 Å². The maximum absolute atomic E-state index is 12.5. The lowest BCUT2D eigenvalue weighted by atomic mass is 9.93. The normalized spacial score (nSPS) is 20.0. The van der Waals surface area contributed by atoms with Crippen LogP contribution in [0.4, 0.5) is 5.69 Å². The number of benzene rings is 1. The number of carbonyl (C=O) groups is 1. The molecule has 0 spiro atoms. The van der Waals surface area contributed by atoms with E-state index in [0.717, 1.165) is 31.5 Å². The van der Waals surface area contributed by atoms with Gasteiger partial charge in [0.2, 0.25) is 5.91 Å². The van der Waals surface area contributed by atoms with E-state index in [1.165, 1.54) is 5.56 Å². The predicted octanol–water partition coefficient (Wildman–Crippen LogP) is 2.82. The number of hydrogen-bond acceptors (Lipinski definition) is 3. The molecule has 2 heterocycles. The highest BCUT2D eigenvalue weighted by Gasteiger charge is 2.39. The molecule has 1 fully saturated rings. The Balaban J connectivity index is 0.00000192. The lowest BCUT2D eigenvalue weighted by Crippen LogP contribution is -2.50. The minimum Gasteiger partial charge on any atom is -0.322 e. The van der Waals surface area contributed by atoms with Crippen LogP contribution in [0.15, 0.2) is 42.7 Å². The monoisotopic (exact) mass is 334 g/mol. The average Bonchev–Trinajstić information content (AvgIpc) is 3.18. The van der Waals surface area contributed by atoms with E-state index >= 15 is 0 Å². The van der Waals surface area contributed by atoms with Crippen LogP contribution in [0.1, 0.15) is 31.7 Å². The zero-order valence-electron chi connectivity index (χ0n) is 13.3. The highest BCUT2D eigenvalue weighted by molar-refractivity contribution is 5.98. The lowest BCUT2D eigenvalue weighted by Gasteiger charge is -2.26. The van der Waals surface area contributed by atoms with Crippen molar-refractivity contribution in [3.05, 3.63) is 48.3 Å². The maximum Gasteiger partial charge on any atom is 0.244 e. The minimum atomic E-state index is -0.415. The zero-order chi connectivity index (χ0) is 15.4. The molecule has 3 rings (SSSR count). The summed E-state index contributed by atoms with van der Waals surface area (Å²) >= 11 is 0. The summed E-state index contributed by atoms with van der Waals surface area (Å²) in [5, 5.41) is 10.7. The van der Waals surface area contributed by atoms with Gasteiger partial charge in [-0.3, -0.25) is 9.48 Å². The number of amides is 1. The summed E-state index contributed by atoms with van der Waals surface area (Å²) in [6.45, 7) is 3.67. The number of halogens is 1. The summed E-state index contributed by atoms with van der Waals surface area (Å²) in [5.41, 5.74) is 1.52. The molecule has 6 heteroatoms. The van der Waals surface area contributed by atoms with Gasteiger partial charge in [0.05, 0.1) is 24.0 Å². The SMILES string of the molecule is CCC1(C(=O)Nc2cnn(Cc3ccccc3)c2)CCCN1.Cl. The van der Waals surface area contributed by atoms with Crippen molar-refractivity contribution in [1.29, 1.82) is 0 Å². The molecule has 5 nitrogen and oxygen atoms in total. The minimum absolute atomic E-state index is 0. The lowest BCUT2D eigenvalue weighted by molar-refractivity contribution is -0.122. The van der Waals surface area contributed by atoms with Crippen LogP contribution < -0.4 is 10.6 Å². The van der Waals surface area contributed by atoms with Crippen molar-refractivity contribution in [3.63, 3.8) is 0 Å². The van der Waals surface area contributed by atoms with Crippen molar-refractivity contribution in [2.24, 2.45) is 0 Å². The molecule has 0 aliphatic carbocycles. The van der Waals surface area contributed by atoms with E-state index in [0.29, 0.717) is 6.54 Å². The summed E-state index contributed by atoms with van der Waals surface area (Å²) < 4.78 is 1.84.